The zero-order valence-corrected chi connectivity index (χ0v) is 14.7. The minimum Gasteiger partial charge on any atom is -0.454 e. The number of aromatic nitrogens is 1. The highest BCUT2D eigenvalue weighted by Crippen LogP contribution is 2.44. The van der Waals surface area contributed by atoms with E-state index in [1.165, 1.54) is 0 Å². The molecule has 6 rings (SSSR count). The van der Waals surface area contributed by atoms with Crippen LogP contribution in [-0.2, 0) is 16.0 Å². The van der Waals surface area contributed by atoms with Gasteiger partial charge in [-0.3, -0.25) is 9.59 Å². The lowest BCUT2D eigenvalue weighted by Gasteiger charge is -2.46. The predicted molar refractivity (Wildman–Crippen MR) is 105 cm³/mol. The van der Waals surface area contributed by atoms with Gasteiger partial charge in [-0.25, -0.2) is 0 Å². The van der Waals surface area contributed by atoms with E-state index >= 15 is 0 Å². The molecule has 1 saturated heterocycles. The molecule has 1 N–H and O–H groups in total. The summed E-state index contributed by atoms with van der Waals surface area (Å²) in [5, 5.41) is -0.0755. The smallest absolute Gasteiger partial charge is 0.245 e. The number of likely N-dealkylation sites (N-methyl/N-ethyl adjacent to an activating group) is 1. The first-order valence-electron chi connectivity index (χ1n) is 14.3. The van der Waals surface area contributed by atoms with Crippen LogP contribution in [0.25, 0.3) is 10.9 Å². The third kappa shape index (κ3) is 2.24. The van der Waals surface area contributed by atoms with E-state index in [-0.39, 0.29) is 40.5 Å². The van der Waals surface area contributed by atoms with Crippen molar-refractivity contribution in [1.29, 1.82) is 0 Å². The molecule has 4 heterocycles. The molecule has 0 aliphatic carbocycles. The Morgan fingerprint density at radius 1 is 1.21 bits per heavy atom. The molecule has 0 bridgehead atoms. The highest BCUT2D eigenvalue weighted by atomic mass is 16.7. The molecule has 2 atom stereocenters. The van der Waals surface area contributed by atoms with Gasteiger partial charge < -0.3 is 24.3 Å². The largest absolute Gasteiger partial charge is 0.454 e. The lowest BCUT2D eigenvalue weighted by atomic mass is 9.86. The van der Waals surface area contributed by atoms with Crippen LogP contribution >= 0.6 is 0 Å². The number of rotatable bonds is 1. The number of hydrogen-bond acceptors (Lipinski definition) is 4. The molecule has 146 valence electrons. The topological polar surface area (TPSA) is 74.9 Å². The van der Waals surface area contributed by atoms with Gasteiger partial charge in [-0.1, -0.05) is 24.2 Å². The molecule has 0 spiro atoms. The van der Waals surface area contributed by atoms with E-state index < -0.39 is 91.7 Å². The Balaban J connectivity index is 1.75. The Bertz CT molecular complexity index is 1690. The Morgan fingerprint density at radius 3 is 2.97 bits per heavy atom. The summed E-state index contributed by atoms with van der Waals surface area (Å²) in [5.41, 5.74) is -0.868. The van der Waals surface area contributed by atoms with Gasteiger partial charge in [0.1, 0.15) is 6.04 Å². The fraction of sp³-hybridized carbons (Fsp3) is 0.273. The highest BCUT2D eigenvalue weighted by molar-refractivity contribution is 5.97. The minimum absolute atomic E-state index is 0.0230. The van der Waals surface area contributed by atoms with Gasteiger partial charge in [0.05, 0.1) is 23.5 Å². The van der Waals surface area contributed by atoms with Crippen molar-refractivity contribution in [2.24, 2.45) is 0 Å². The molecule has 3 aliphatic rings. The number of nitrogens with one attached hydrogen (secondary N) is 1. The van der Waals surface area contributed by atoms with Crippen LogP contribution in [0.1, 0.15) is 37.9 Å². The molecule has 0 radical (unpaired) electrons. The third-order valence-electron chi connectivity index (χ3n) is 5.23. The van der Waals surface area contributed by atoms with Crippen LogP contribution in [0.2, 0.25) is 0 Å². The van der Waals surface area contributed by atoms with Crippen LogP contribution in [0.5, 0.6) is 11.5 Å². The normalized spacial score (nSPS) is 31.2. The summed E-state index contributed by atoms with van der Waals surface area (Å²) in [6.07, 6.45) is -0.409. The lowest BCUT2D eigenvalue weighted by Crippen LogP contribution is -2.62. The molecule has 29 heavy (non-hydrogen) atoms. The van der Waals surface area contributed by atoms with E-state index in [0.717, 1.165) is 4.90 Å². The van der Waals surface area contributed by atoms with Crippen LogP contribution in [0.15, 0.2) is 42.3 Å². The van der Waals surface area contributed by atoms with Crippen molar-refractivity contribution in [2.45, 2.75) is 18.5 Å². The molecule has 1 fully saturated rings. The molecule has 0 unspecified atom stereocenters. The van der Waals surface area contributed by atoms with Gasteiger partial charge in [-0.05, 0) is 29.3 Å². The fourth-order valence-electron chi connectivity index (χ4n) is 3.98. The fourth-order valence-corrected chi connectivity index (χ4v) is 3.98. The molecule has 1 aromatic heterocycles. The molecule has 7 heteroatoms. The van der Waals surface area contributed by atoms with Crippen LogP contribution in [0, 0.1) is 0 Å². The van der Waals surface area contributed by atoms with Crippen molar-refractivity contribution in [2.75, 3.05) is 20.3 Å². The maximum Gasteiger partial charge on any atom is 0.245 e. The average molecular weight is 400 g/mol. The van der Waals surface area contributed by atoms with Gasteiger partial charge in [0.15, 0.2) is 11.5 Å². The minimum atomic E-state index is -3.00. The van der Waals surface area contributed by atoms with E-state index in [9.17, 15) is 11.0 Å². The van der Waals surface area contributed by atoms with E-state index in [1.54, 1.807) is 0 Å². The number of fused-ring (bicyclic) bond motifs is 5. The summed E-state index contributed by atoms with van der Waals surface area (Å²) in [4.78, 5) is 31.2. The van der Waals surface area contributed by atoms with Gasteiger partial charge in [0.25, 0.3) is 0 Å². The quantitative estimate of drug-likeness (QED) is 0.680. The van der Waals surface area contributed by atoms with E-state index in [1.807, 2.05) is 0 Å². The van der Waals surface area contributed by atoms with Crippen molar-refractivity contribution in [3.05, 3.63) is 59.1 Å². The molecule has 0 saturated carbocycles. The summed E-state index contributed by atoms with van der Waals surface area (Å²) in [7, 11) is 0. The van der Waals surface area contributed by atoms with Crippen LogP contribution in [0.3, 0.4) is 0 Å². The molecular weight excluding hydrogens is 370 g/mol. The number of carbonyl (C=O) groups is 2. The number of benzene rings is 2. The zero-order valence-electron chi connectivity index (χ0n) is 25.7. The molecule has 3 aromatic rings. The second-order valence-electron chi connectivity index (χ2n) is 6.80. The first kappa shape index (κ1) is 8.90. The number of para-hydroxylation sites is 1. The average Bonchev–Trinajstić information content (AvgIpc) is 3.52. The van der Waals surface area contributed by atoms with Crippen molar-refractivity contribution >= 4 is 22.7 Å². The monoisotopic (exact) mass is 400 g/mol. The lowest BCUT2D eigenvalue weighted by molar-refractivity contribution is -0.157. The van der Waals surface area contributed by atoms with Crippen molar-refractivity contribution in [3.8, 4) is 11.5 Å². The second-order valence-corrected chi connectivity index (χ2v) is 6.80. The first-order valence-corrected chi connectivity index (χ1v) is 8.77. The van der Waals surface area contributed by atoms with Gasteiger partial charge in [-0.15, -0.1) is 0 Å². The summed E-state index contributed by atoms with van der Waals surface area (Å²) in [6.45, 7) is -4.29. The van der Waals surface area contributed by atoms with Gasteiger partial charge in [-0.2, -0.15) is 0 Å². The molecule has 3 aliphatic heterocycles. The SMILES string of the molecule is [2H]c1c([2H])c([C@]2([2H])c3[nH]c4c([2H])c([2H])c([2H])c([2H])c4c3C[C@@H]3C(=O)N(C([2H])([2H])[2H])CC(=O)N32)c([2H])c2c1OCO2. The summed E-state index contributed by atoms with van der Waals surface area (Å²) >= 11 is 0. The molecule has 2 amide bonds. The van der Waals surface area contributed by atoms with E-state index in [0.29, 0.717) is 4.90 Å². The summed E-state index contributed by atoms with van der Waals surface area (Å²) in [6, 6.07) is -8.24. The number of H-pyrrole nitrogens is 1. The van der Waals surface area contributed by atoms with Crippen LogP contribution in [-0.4, -0.2) is 53.0 Å². The number of ether oxygens (including phenoxy) is 2. The molecule has 7 nitrogen and oxygen atoms in total. The molecular formula is C22H19N3O4. The number of amides is 2. The Hall–Kier alpha value is -3.48. The number of piperazine rings is 1. The van der Waals surface area contributed by atoms with Crippen LogP contribution < -0.4 is 9.47 Å². The standard InChI is InChI=1S/C22H19N3O4/c1-24-10-19(26)25-16(22(24)27)9-14-13-4-2-3-5-15(13)23-20(14)21(25)12-6-7-17-18(8-12)29-11-28-17/h2-8,16,21,23H,9-11H2,1H3/t16-,21-/m1/s1/i1D3,2D,3D,4D,5D,6D,7D,8D,21D. The zero-order chi connectivity index (χ0) is 29.2. The Labute approximate surface area is 182 Å². The number of hydrogen-bond donors (Lipinski definition) is 1. The Kier molecular flexibility index (Phi) is 1.77. The number of nitrogens with zero attached hydrogens (tertiary/aromatic N) is 2. The maximum absolute atomic E-state index is 13.6. The van der Waals surface area contributed by atoms with Gasteiger partial charge in [0.2, 0.25) is 18.6 Å². The van der Waals surface area contributed by atoms with Crippen molar-refractivity contribution in [1.82, 2.24) is 14.8 Å². The maximum atomic E-state index is 13.6. The van der Waals surface area contributed by atoms with E-state index in [2.05, 4.69) is 4.98 Å². The van der Waals surface area contributed by atoms with Crippen molar-refractivity contribution in [3.63, 3.8) is 0 Å². The summed E-state index contributed by atoms with van der Waals surface area (Å²) in [5.74, 6) is -2.49. The summed E-state index contributed by atoms with van der Waals surface area (Å²) < 4.78 is 103. The number of carbonyl (C=O) groups excluding carboxylic acids is 2. The van der Waals surface area contributed by atoms with Crippen molar-refractivity contribution < 1.29 is 34.1 Å². The van der Waals surface area contributed by atoms with Gasteiger partial charge >= 0.3 is 0 Å². The first-order chi connectivity index (χ1) is 18.6. The third-order valence-corrected chi connectivity index (χ3v) is 5.23. The predicted octanol–water partition coefficient (Wildman–Crippen LogP) is 2.21. The molecule has 2 aromatic carbocycles. The van der Waals surface area contributed by atoms with Crippen LogP contribution in [0.4, 0.5) is 0 Å². The van der Waals surface area contributed by atoms with Gasteiger partial charge in [0, 0.05) is 34.1 Å². The second kappa shape index (κ2) is 5.76. The highest BCUT2D eigenvalue weighted by Gasteiger charge is 2.47. The number of aromatic amines is 1. The van der Waals surface area contributed by atoms with E-state index in [4.69, 9.17) is 23.2 Å². The Morgan fingerprint density at radius 2 is 2.07 bits per heavy atom.